The van der Waals surface area contributed by atoms with Crippen molar-refractivity contribution < 1.29 is 19.6 Å². The van der Waals surface area contributed by atoms with Gasteiger partial charge in [0.1, 0.15) is 5.69 Å². The van der Waals surface area contributed by atoms with E-state index in [1.807, 2.05) is 0 Å². The maximum atomic E-state index is 12.1. The number of aromatic nitrogens is 2. The largest absolute Gasteiger partial charge is 0.476 e. The van der Waals surface area contributed by atoms with Crippen LogP contribution in [-0.2, 0) is 7.05 Å². The van der Waals surface area contributed by atoms with Crippen LogP contribution >= 0.6 is 0 Å². The predicted octanol–water partition coefficient (Wildman–Crippen LogP) is 1.28. The molecule has 0 spiro atoms. The normalized spacial score (nSPS) is 10.1. The smallest absolute Gasteiger partial charge is 0.356 e. The Morgan fingerprint density at radius 1 is 1.48 bits per heavy atom. The molecule has 2 rings (SSSR count). The summed E-state index contributed by atoms with van der Waals surface area (Å²) >= 11 is 0. The zero-order valence-electron chi connectivity index (χ0n) is 10.8. The zero-order valence-corrected chi connectivity index (χ0v) is 10.8. The number of hydrogen-bond acceptors (Lipinski definition) is 5. The highest BCUT2D eigenvalue weighted by Crippen LogP contribution is 2.18. The number of rotatable bonds is 4. The number of aryl methyl sites for hydroxylation is 1. The Bertz CT molecular complexity index is 737. The SMILES string of the molecule is Cn1cc([N+](=O)[O-])cc1C(=O)Nc1cccnc1C(=O)O. The maximum Gasteiger partial charge on any atom is 0.356 e. The molecule has 2 heterocycles. The Labute approximate surface area is 118 Å². The third-order valence-electron chi connectivity index (χ3n) is 2.69. The van der Waals surface area contributed by atoms with Crippen LogP contribution in [-0.4, -0.2) is 31.5 Å². The monoisotopic (exact) mass is 290 g/mol. The van der Waals surface area contributed by atoms with Crippen molar-refractivity contribution in [3.05, 3.63) is 52.1 Å². The molecular formula is C12H10N4O5. The van der Waals surface area contributed by atoms with Gasteiger partial charge in [-0.3, -0.25) is 14.9 Å². The molecule has 0 aliphatic rings. The fourth-order valence-corrected chi connectivity index (χ4v) is 1.74. The van der Waals surface area contributed by atoms with Crippen LogP contribution < -0.4 is 5.32 Å². The zero-order chi connectivity index (χ0) is 15.6. The number of hydrogen-bond donors (Lipinski definition) is 2. The molecule has 9 heteroatoms. The van der Waals surface area contributed by atoms with Gasteiger partial charge in [0.25, 0.3) is 11.6 Å². The molecule has 0 saturated carbocycles. The second-order valence-corrected chi connectivity index (χ2v) is 4.11. The van der Waals surface area contributed by atoms with Gasteiger partial charge in [0, 0.05) is 19.3 Å². The summed E-state index contributed by atoms with van der Waals surface area (Å²) in [6.07, 6.45) is 2.47. The summed E-state index contributed by atoms with van der Waals surface area (Å²) in [6.45, 7) is 0. The Kier molecular flexibility index (Phi) is 3.65. The highest BCUT2D eigenvalue weighted by atomic mass is 16.6. The van der Waals surface area contributed by atoms with E-state index in [1.54, 1.807) is 0 Å². The number of carbonyl (C=O) groups is 2. The summed E-state index contributed by atoms with van der Waals surface area (Å²) in [6, 6.07) is 3.95. The van der Waals surface area contributed by atoms with Crippen molar-refractivity contribution in [2.75, 3.05) is 5.32 Å². The van der Waals surface area contributed by atoms with Crippen LogP contribution in [0.25, 0.3) is 0 Å². The van der Waals surface area contributed by atoms with E-state index in [2.05, 4.69) is 10.3 Å². The van der Waals surface area contributed by atoms with E-state index in [1.165, 1.54) is 36.1 Å². The average Bonchev–Trinajstić information content (AvgIpc) is 2.81. The molecule has 0 atom stereocenters. The molecule has 0 aliphatic carbocycles. The van der Waals surface area contributed by atoms with E-state index in [0.29, 0.717) is 0 Å². The Morgan fingerprint density at radius 2 is 2.19 bits per heavy atom. The van der Waals surface area contributed by atoms with E-state index in [9.17, 15) is 19.7 Å². The van der Waals surface area contributed by atoms with Crippen molar-refractivity contribution in [1.82, 2.24) is 9.55 Å². The Morgan fingerprint density at radius 3 is 2.76 bits per heavy atom. The predicted molar refractivity (Wildman–Crippen MR) is 71.2 cm³/mol. The number of nitrogens with zero attached hydrogens (tertiary/aromatic N) is 3. The lowest BCUT2D eigenvalue weighted by Gasteiger charge is -2.07. The standard InChI is InChI=1S/C12H10N4O5/c1-15-6-7(16(20)21)5-9(15)11(17)14-8-3-2-4-13-10(8)12(18)19/h2-6H,1H3,(H,14,17)(H,18,19). The molecule has 0 radical (unpaired) electrons. The lowest BCUT2D eigenvalue weighted by molar-refractivity contribution is -0.384. The molecule has 1 amide bonds. The van der Waals surface area contributed by atoms with E-state index >= 15 is 0 Å². The fraction of sp³-hybridized carbons (Fsp3) is 0.0833. The molecule has 108 valence electrons. The van der Waals surface area contributed by atoms with Crippen molar-refractivity contribution in [3.8, 4) is 0 Å². The third-order valence-corrected chi connectivity index (χ3v) is 2.69. The van der Waals surface area contributed by atoms with Crippen molar-refractivity contribution in [3.63, 3.8) is 0 Å². The van der Waals surface area contributed by atoms with Crippen LogP contribution in [0.4, 0.5) is 11.4 Å². The van der Waals surface area contributed by atoms with Gasteiger partial charge in [-0.25, -0.2) is 9.78 Å². The van der Waals surface area contributed by atoms with Crippen molar-refractivity contribution >= 4 is 23.3 Å². The van der Waals surface area contributed by atoms with Gasteiger partial charge < -0.3 is 15.0 Å². The molecule has 0 aromatic carbocycles. The highest BCUT2D eigenvalue weighted by molar-refractivity contribution is 6.06. The highest BCUT2D eigenvalue weighted by Gasteiger charge is 2.20. The van der Waals surface area contributed by atoms with Gasteiger partial charge in [-0.1, -0.05) is 0 Å². The number of anilines is 1. The lowest BCUT2D eigenvalue weighted by atomic mass is 10.2. The van der Waals surface area contributed by atoms with Crippen LogP contribution in [0.3, 0.4) is 0 Å². The number of carbonyl (C=O) groups excluding carboxylic acids is 1. The molecule has 0 unspecified atom stereocenters. The van der Waals surface area contributed by atoms with Gasteiger partial charge in [0.2, 0.25) is 0 Å². The quantitative estimate of drug-likeness (QED) is 0.644. The molecule has 0 bridgehead atoms. The molecule has 0 fully saturated rings. The van der Waals surface area contributed by atoms with Crippen LogP contribution in [0.1, 0.15) is 21.0 Å². The first kappa shape index (κ1) is 14.2. The van der Waals surface area contributed by atoms with E-state index in [4.69, 9.17) is 5.11 Å². The maximum absolute atomic E-state index is 12.1. The second kappa shape index (κ2) is 5.41. The average molecular weight is 290 g/mol. The summed E-state index contributed by atoms with van der Waals surface area (Å²) in [4.78, 5) is 36.8. The van der Waals surface area contributed by atoms with Gasteiger partial charge in [-0.15, -0.1) is 0 Å². The van der Waals surface area contributed by atoms with Crippen LogP contribution in [0.2, 0.25) is 0 Å². The summed E-state index contributed by atoms with van der Waals surface area (Å²) in [5, 5.41) is 22.0. The molecule has 21 heavy (non-hydrogen) atoms. The fourth-order valence-electron chi connectivity index (χ4n) is 1.74. The number of amides is 1. The lowest BCUT2D eigenvalue weighted by Crippen LogP contribution is -2.18. The molecular weight excluding hydrogens is 280 g/mol. The number of aromatic carboxylic acids is 1. The second-order valence-electron chi connectivity index (χ2n) is 4.11. The van der Waals surface area contributed by atoms with Crippen molar-refractivity contribution in [2.45, 2.75) is 0 Å². The van der Waals surface area contributed by atoms with Gasteiger partial charge >= 0.3 is 5.97 Å². The molecule has 0 aliphatic heterocycles. The molecule has 2 N–H and O–H groups in total. The minimum absolute atomic E-state index is 0.0128. The first-order chi connectivity index (χ1) is 9.90. The van der Waals surface area contributed by atoms with Gasteiger partial charge in [-0.2, -0.15) is 0 Å². The van der Waals surface area contributed by atoms with Crippen molar-refractivity contribution in [2.24, 2.45) is 7.05 Å². The Balaban J connectivity index is 2.31. The number of carboxylic acid groups (broad SMARTS) is 1. The van der Waals surface area contributed by atoms with E-state index in [-0.39, 0.29) is 22.8 Å². The topological polar surface area (TPSA) is 127 Å². The van der Waals surface area contributed by atoms with E-state index in [0.717, 1.165) is 6.07 Å². The van der Waals surface area contributed by atoms with Gasteiger partial charge in [0.15, 0.2) is 5.69 Å². The van der Waals surface area contributed by atoms with Crippen molar-refractivity contribution in [1.29, 1.82) is 0 Å². The minimum atomic E-state index is -1.29. The number of carboxylic acids is 1. The van der Waals surface area contributed by atoms with Gasteiger partial charge in [0.05, 0.1) is 16.8 Å². The molecule has 2 aromatic rings. The summed E-state index contributed by atoms with van der Waals surface area (Å²) in [7, 11) is 1.48. The number of nitrogens with one attached hydrogen (secondary N) is 1. The summed E-state index contributed by atoms with van der Waals surface area (Å²) in [5.74, 6) is -1.95. The van der Waals surface area contributed by atoms with E-state index < -0.39 is 16.8 Å². The summed E-state index contributed by atoms with van der Waals surface area (Å²) < 4.78 is 1.28. The van der Waals surface area contributed by atoms with Crippen LogP contribution in [0.5, 0.6) is 0 Å². The first-order valence-corrected chi connectivity index (χ1v) is 5.70. The van der Waals surface area contributed by atoms with Crippen LogP contribution in [0.15, 0.2) is 30.6 Å². The number of pyridine rings is 1. The minimum Gasteiger partial charge on any atom is -0.476 e. The molecule has 0 saturated heterocycles. The Hall–Kier alpha value is -3.23. The summed E-state index contributed by atoms with van der Waals surface area (Å²) in [5.41, 5.74) is -0.498. The molecule has 2 aromatic heterocycles. The molecule has 9 nitrogen and oxygen atoms in total. The first-order valence-electron chi connectivity index (χ1n) is 5.70. The van der Waals surface area contributed by atoms with Gasteiger partial charge in [-0.05, 0) is 12.1 Å². The van der Waals surface area contributed by atoms with Crippen LogP contribution in [0, 0.1) is 10.1 Å². The number of nitro groups is 1. The third kappa shape index (κ3) is 2.86.